The Morgan fingerprint density at radius 1 is 0.950 bits per heavy atom. The van der Waals surface area contributed by atoms with Gasteiger partial charge in [0.2, 0.25) is 0 Å². The quantitative estimate of drug-likeness (QED) is 0.879. The summed E-state index contributed by atoms with van der Waals surface area (Å²) in [6.07, 6.45) is 2.33. The minimum atomic E-state index is 0.595. The molecule has 0 fully saturated rings. The summed E-state index contributed by atoms with van der Waals surface area (Å²) in [5.41, 5.74) is 5.83. The van der Waals surface area contributed by atoms with E-state index in [1.165, 1.54) is 35.1 Å². The van der Waals surface area contributed by atoms with Gasteiger partial charge in [-0.15, -0.1) is 0 Å². The largest absolute Gasteiger partial charge is 0.309 e. The first-order valence-corrected chi connectivity index (χ1v) is 7.61. The van der Waals surface area contributed by atoms with E-state index in [-0.39, 0.29) is 0 Å². The maximum Gasteiger partial charge on any atom is 0.0208 e. The van der Waals surface area contributed by atoms with Crippen molar-refractivity contribution < 1.29 is 0 Å². The zero-order valence-corrected chi connectivity index (χ0v) is 12.4. The molecule has 1 nitrogen and oxygen atoms in total. The minimum absolute atomic E-state index is 0.595. The van der Waals surface area contributed by atoms with E-state index in [1.54, 1.807) is 0 Å². The lowest BCUT2D eigenvalue weighted by Crippen LogP contribution is -2.28. The first kappa shape index (κ1) is 13.4. The predicted molar refractivity (Wildman–Crippen MR) is 85.0 cm³/mol. The van der Waals surface area contributed by atoms with Gasteiger partial charge in [0.1, 0.15) is 0 Å². The van der Waals surface area contributed by atoms with Crippen LogP contribution in [0.4, 0.5) is 0 Å². The zero-order chi connectivity index (χ0) is 13.9. The molecule has 2 aromatic rings. The summed E-state index contributed by atoms with van der Waals surface area (Å²) in [6, 6.07) is 18.4. The van der Waals surface area contributed by atoms with Crippen LogP contribution >= 0.6 is 0 Å². The van der Waals surface area contributed by atoms with Crippen molar-refractivity contribution in [1.29, 1.82) is 0 Å². The Labute approximate surface area is 122 Å². The Kier molecular flexibility index (Phi) is 3.88. The van der Waals surface area contributed by atoms with E-state index in [4.69, 9.17) is 0 Å². The van der Waals surface area contributed by atoms with Crippen molar-refractivity contribution in [3.8, 4) is 0 Å². The molecule has 0 amide bonds. The Morgan fingerprint density at radius 2 is 1.55 bits per heavy atom. The van der Waals surface area contributed by atoms with E-state index in [0.29, 0.717) is 12.0 Å². The third-order valence-electron chi connectivity index (χ3n) is 4.29. The molecule has 0 aliphatic heterocycles. The maximum absolute atomic E-state index is 3.69. The van der Waals surface area contributed by atoms with Gasteiger partial charge < -0.3 is 5.32 Å². The van der Waals surface area contributed by atoms with Gasteiger partial charge in [0.15, 0.2) is 0 Å². The van der Waals surface area contributed by atoms with Gasteiger partial charge in [0.25, 0.3) is 0 Å². The van der Waals surface area contributed by atoms with Crippen LogP contribution in [-0.4, -0.2) is 6.04 Å². The van der Waals surface area contributed by atoms with Crippen molar-refractivity contribution in [3.05, 3.63) is 70.8 Å². The van der Waals surface area contributed by atoms with Crippen molar-refractivity contribution in [1.82, 2.24) is 5.32 Å². The molecule has 0 atom stereocenters. The van der Waals surface area contributed by atoms with Crippen LogP contribution in [0.5, 0.6) is 0 Å². The highest BCUT2D eigenvalue weighted by Gasteiger charge is 2.19. The van der Waals surface area contributed by atoms with Crippen LogP contribution in [0.3, 0.4) is 0 Å². The second kappa shape index (κ2) is 5.80. The summed E-state index contributed by atoms with van der Waals surface area (Å²) in [7, 11) is 0. The highest BCUT2D eigenvalue weighted by molar-refractivity contribution is 5.33. The molecule has 1 aliphatic carbocycles. The average Bonchev–Trinajstić information content (AvgIpc) is 2.88. The van der Waals surface area contributed by atoms with Gasteiger partial charge in [0.05, 0.1) is 0 Å². The zero-order valence-electron chi connectivity index (χ0n) is 12.4. The fraction of sp³-hybridized carbons (Fsp3) is 0.368. The summed E-state index contributed by atoms with van der Waals surface area (Å²) < 4.78 is 0. The van der Waals surface area contributed by atoms with E-state index in [2.05, 4.69) is 67.7 Å². The fourth-order valence-corrected chi connectivity index (χ4v) is 2.99. The van der Waals surface area contributed by atoms with Crippen LogP contribution in [-0.2, 0) is 19.4 Å². The first-order chi connectivity index (χ1) is 9.72. The minimum Gasteiger partial charge on any atom is -0.309 e. The number of hydrogen-bond donors (Lipinski definition) is 1. The van der Waals surface area contributed by atoms with Gasteiger partial charge in [-0.3, -0.25) is 0 Å². The monoisotopic (exact) mass is 265 g/mol. The van der Waals surface area contributed by atoms with Crippen molar-refractivity contribution in [2.24, 2.45) is 0 Å². The molecule has 0 unspecified atom stereocenters. The molecular weight excluding hydrogens is 242 g/mol. The molecule has 0 radical (unpaired) electrons. The van der Waals surface area contributed by atoms with E-state index in [9.17, 15) is 0 Å². The first-order valence-electron chi connectivity index (χ1n) is 7.61. The van der Waals surface area contributed by atoms with Gasteiger partial charge in [-0.25, -0.2) is 0 Å². The molecule has 0 bridgehead atoms. The Hall–Kier alpha value is -1.60. The molecule has 104 valence electrons. The fourth-order valence-electron chi connectivity index (χ4n) is 2.99. The summed E-state index contributed by atoms with van der Waals surface area (Å²) in [5, 5.41) is 3.69. The SMILES string of the molecule is CC(C)c1ccc(CNC2Cc3ccccc3C2)cc1. The van der Waals surface area contributed by atoms with Crippen LogP contribution in [0, 0.1) is 0 Å². The molecule has 0 spiro atoms. The van der Waals surface area contributed by atoms with E-state index < -0.39 is 0 Å². The van der Waals surface area contributed by atoms with Crippen molar-refractivity contribution in [2.45, 2.75) is 45.2 Å². The van der Waals surface area contributed by atoms with Crippen molar-refractivity contribution >= 4 is 0 Å². The highest BCUT2D eigenvalue weighted by atomic mass is 14.9. The summed E-state index contributed by atoms with van der Waals surface area (Å²) in [4.78, 5) is 0. The van der Waals surface area contributed by atoms with Gasteiger partial charge in [0, 0.05) is 12.6 Å². The highest BCUT2D eigenvalue weighted by Crippen LogP contribution is 2.22. The van der Waals surface area contributed by atoms with Gasteiger partial charge in [-0.1, -0.05) is 62.4 Å². The number of rotatable bonds is 4. The third kappa shape index (κ3) is 2.94. The number of fused-ring (bicyclic) bond motifs is 1. The van der Waals surface area contributed by atoms with E-state index in [1.807, 2.05) is 0 Å². The lowest BCUT2D eigenvalue weighted by molar-refractivity contribution is 0.533. The molecule has 0 heterocycles. The van der Waals surface area contributed by atoms with Crippen LogP contribution in [0.25, 0.3) is 0 Å². The average molecular weight is 265 g/mol. The molecule has 2 aromatic carbocycles. The number of hydrogen-bond acceptors (Lipinski definition) is 1. The normalized spacial score (nSPS) is 14.8. The van der Waals surface area contributed by atoms with E-state index in [0.717, 1.165) is 6.54 Å². The maximum atomic E-state index is 3.69. The Balaban J connectivity index is 1.56. The van der Waals surface area contributed by atoms with Crippen LogP contribution in [0.15, 0.2) is 48.5 Å². The van der Waals surface area contributed by atoms with Crippen LogP contribution in [0.1, 0.15) is 42.0 Å². The topological polar surface area (TPSA) is 12.0 Å². The van der Waals surface area contributed by atoms with Crippen molar-refractivity contribution in [3.63, 3.8) is 0 Å². The molecule has 1 N–H and O–H groups in total. The summed E-state index contributed by atoms with van der Waals surface area (Å²) in [6.45, 7) is 5.45. The molecule has 3 rings (SSSR count). The molecular formula is C19H23N. The molecule has 0 aromatic heterocycles. The second-order valence-corrected chi connectivity index (χ2v) is 6.15. The lowest BCUT2D eigenvalue weighted by atomic mass is 10.0. The van der Waals surface area contributed by atoms with Crippen molar-refractivity contribution in [2.75, 3.05) is 0 Å². The van der Waals surface area contributed by atoms with Gasteiger partial charge >= 0.3 is 0 Å². The summed E-state index contributed by atoms with van der Waals surface area (Å²) >= 11 is 0. The molecule has 1 heteroatoms. The molecule has 20 heavy (non-hydrogen) atoms. The molecule has 1 aliphatic rings. The Bertz CT molecular complexity index is 544. The molecule has 0 saturated carbocycles. The van der Waals surface area contributed by atoms with Gasteiger partial charge in [-0.05, 0) is 41.0 Å². The number of nitrogens with one attached hydrogen (secondary N) is 1. The predicted octanol–water partition coefficient (Wildman–Crippen LogP) is 4.07. The second-order valence-electron chi connectivity index (χ2n) is 6.15. The Morgan fingerprint density at radius 3 is 2.10 bits per heavy atom. The third-order valence-corrected chi connectivity index (χ3v) is 4.29. The van der Waals surface area contributed by atoms with Gasteiger partial charge in [-0.2, -0.15) is 0 Å². The van der Waals surface area contributed by atoms with Crippen LogP contribution < -0.4 is 5.32 Å². The van der Waals surface area contributed by atoms with Crippen LogP contribution in [0.2, 0.25) is 0 Å². The summed E-state index contributed by atoms with van der Waals surface area (Å²) in [5.74, 6) is 0.612. The standard InChI is InChI=1S/C19H23N/c1-14(2)16-9-7-15(8-10-16)13-20-19-11-17-5-3-4-6-18(17)12-19/h3-10,14,19-20H,11-13H2,1-2H3. The lowest BCUT2D eigenvalue weighted by Gasteiger charge is -2.13. The molecule has 0 saturated heterocycles. The van der Waals surface area contributed by atoms with E-state index >= 15 is 0 Å². The number of benzene rings is 2. The smallest absolute Gasteiger partial charge is 0.0208 e.